The van der Waals surface area contributed by atoms with Crippen LogP contribution in [0.25, 0.3) is 10.6 Å². The SMILES string of the molecule is Cc1csc(-c2csc(S(=O)(=O)Nc3ccc(C(C)C)cc3)c2)n1. The van der Waals surface area contributed by atoms with Crippen molar-refractivity contribution in [2.45, 2.75) is 30.9 Å². The first-order valence-electron chi connectivity index (χ1n) is 7.49. The van der Waals surface area contributed by atoms with Crippen LogP contribution in [0, 0.1) is 6.92 Å². The molecule has 0 saturated heterocycles. The highest BCUT2D eigenvalue weighted by Crippen LogP contribution is 2.31. The first-order valence-corrected chi connectivity index (χ1v) is 10.7. The lowest BCUT2D eigenvalue weighted by atomic mass is 10.0. The lowest BCUT2D eigenvalue weighted by Gasteiger charge is -2.09. The molecule has 0 bridgehead atoms. The Labute approximate surface area is 150 Å². The van der Waals surface area contributed by atoms with E-state index in [9.17, 15) is 8.42 Å². The molecule has 0 aliphatic heterocycles. The third-order valence-electron chi connectivity index (χ3n) is 3.54. The summed E-state index contributed by atoms with van der Waals surface area (Å²) in [5.74, 6) is 0.414. The number of nitrogens with one attached hydrogen (secondary N) is 1. The molecular formula is C17H18N2O2S3. The van der Waals surface area contributed by atoms with E-state index >= 15 is 0 Å². The molecule has 0 spiro atoms. The van der Waals surface area contributed by atoms with Crippen molar-refractivity contribution in [1.82, 2.24) is 4.98 Å². The third-order valence-corrected chi connectivity index (χ3v) is 7.37. The van der Waals surface area contributed by atoms with Crippen LogP contribution in [-0.4, -0.2) is 13.4 Å². The van der Waals surface area contributed by atoms with Crippen molar-refractivity contribution in [3.8, 4) is 10.6 Å². The van der Waals surface area contributed by atoms with Crippen molar-refractivity contribution < 1.29 is 8.42 Å². The fourth-order valence-corrected chi connectivity index (χ4v) is 5.28. The maximum Gasteiger partial charge on any atom is 0.271 e. The van der Waals surface area contributed by atoms with Gasteiger partial charge < -0.3 is 0 Å². The highest BCUT2D eigenvalue weighted by molar-refractivity contribution is 7.94. The summed E-state index contributed by atoms with van der Waals surface area (Å²) < 4.78 is 28.0. The van der Waals surface area contributed by atoms with Crippen LogP contribution in [0.15, 0.2) is 45.3 Å². The molecule has 7 heteroatoms. The van der Waals surface area contributed by atoms with E-state index in [2.05, 4.69) is 23.6 Å². The van der Waals surface area contributed by atoms with Crippen molar-refractivity contribution in [3.05, 3.63) is 52.3 Å². The van der Waals surface area contributed by atoms with Gasteiger partial charge in [0.2, 0.25) is 0 Å². The van der Waals surface area contributed by atoms with E-state index in [4.69, 9.17) is 0 Å². The van der Waals surface area contributed by atoms with Gasteiger partial charge in [0.15, 0.2) is 0 Å². The van der Waals surface area contributed by atoms with Gasteiger partial charge in [0.1, 0.15) is 9.22 Å². The van der Waals surface area contributed by atoms with E-state index in [-0.39, 0.29) is 0 Å². The standard InChI is InChI=1S/C17H18N2O2S3/c1-11(2)13-4-6-15(7-5-13)19-24(20,21)16-8-14(10-22-16)17-18-12(3)9-23-17/h4-11,19H,1-3H3. The van der Waals surface area contributed by atoms with Gasteiger partial charge in [-0.2, -0.15) is 0 Å². The molecule has 0 atom stereocenters. The fraction of sp³-hybridized carbons (Fsp3) is 0.235. The van der Waals surface area contributed by atoms with Gasteiger partial charge in [0.25, 0.3) is 10.0 Å². The minimum absolute atomic E-state index is 0.290. The molecule has 0 saturated carbocycles. The lowest BCUT2D eigenvalue weighted by Crippen LogP contribution is -2.11. The summed E-state index contributed by atoms with van der Waals surface area (Å²) in [7, 11) is -3.58. The highest BCUT2D eigenvalue weighted by Gasteiger charge is 2.18. The van der Waals surface area contributed by atoms with Gasteiger partial charge in [0.05, 0.1) is 0 Å². The Balaban J connectivity index is 1.82. The Morgan fingerprint density at radius 1 is 1.08 bits per heavy atom. The average Bonchev–Trinajstić information content (AvgIpc) is 3.16. The molecule has 2 heterocycles. The van der Waals surface area contributed by atoms with Crippen LogP contribution in [0.2, 0.25) is 0 Å². The van der Waals surface area contributed by atoms with Gasteiger partial charge >= 0.3 is 0 Å². The first kappa shape index (κ1) is 17.1. The van der Waals surface area contributed by atoms with Crippen molar-refractivity contribution in [2.75, 3.05) is 4.72 Å². The van der Waals surface area contributed by atoms with Crippen molar-refractivity contribution in [1.29, 1.82) is 0 Å². The zero-order valence-corrected chi connectivity index (χ0v) is 16.1. The Morgan fingerprint density at radius 2 is 1.79 bits per heavy atom. The van der Waals surface area contributed by atoms with Gasteiger partial charge in [0, 0.05) is 27.7 Å². The molecule has 0 aliphatic carbocycles. The zero-order chi connectivity index (χ0) is 17.3. The summed E-state index contributed by atoms with van der Waals surface area (Å²) in [5.41, 5.74) is 3.53. The molecule has 0 unspecified atom stereocenters. The second-order valence-corrected chi connectivity index (χ2v) is 9.51. The molecule has 0 aliphatic rings. The molecule has 0 radical (unpaired) electrons. The number of rotatable bonds is 5. The number of hydrogen-bond acceptors (Lipinski definition) is 5. The molecule has 3 aromatic rings. The van der Waals surface area contributed by atoms with Crippen molar-refractivity contribution in [3.63, 3.8) is 0 Å². The van der Waals surface area contributed by atoms with Gasteiger partial charge in [-0.15, -0.1) is 22.7 Å². The minimum Gasteiger partial charge on any atom is -0.279 e. The van der Waals surface area contributed by atoms with Crippen LogP contribution in [0.3, 0.4) is 0 Å². The van der Waals surface area contributed by atoms with Gasteiger partial charge in [-0.25, -0.2) is 13.4 Å². The summed E-state index contributed by atoms with van der Waals surface area (Å²) in [6.07, 6.45) is 0. The van der Waals surface area contributed by atoms with Crippen LogP contribution in [0.1, 0.15) is 31.0 Å². The Bertz CT molecular complexity index is 938. The maximum atomic E-state index is 12.6. The molecule has 126 valence electrons. The number of sulfonamides is 1. The van der Waals surface area contributed by atoms with E-state index < -0.39 is 10.0 Å². The predicted molar refractivity (Wildman–Crippen MR) is 102 cm³/mol. The smallest absolute Gasteiger partial charge is 0.271 e. The molecule has 2 aromatic heterocycles. The van der Waals surface area contributed by atoms with E-state index in [1.807, 2.05) is 29.8 Å². The minimum atomic E-state index is -3.58. The maximum absolute atomic E-state index is 12.6. The summed E-state index contributed by atoms with van der Waals surface area (Å²) >= 11 is 2.72. The van der Waals surface area contributed by atoms with Crippen molar-refractivity contribution >= 4 is 38.4 Å². The monoisotopic (exact) mass is 378 g/mol. The van der Waals surface area contributed by atoms with E-state index in [1.165, 1.54) is 28.2 Å². The molecular weight excluding hydrogens is 360 g/mol. The first-order chi connectivity index (χ1) is 11.3. The average molecular weight is 379 g/mol. The third kappa shape index (κ3) is 3.68. The number of anilines is 1. The summed E-state index contributed by atoms with van der Waals surface area (Å²) in [4.78, 5) is 4.40. The van der Waals surface area contributed by atoms with Crippen LogP contribution in [-0.2, 0) is 10.0 Å². The van der Waals surface area contributed by atoms with Gasteiger partial charge in [-0.1, -0.05) is 26.0 Å². The van der Waals surface area contributed by atoms with Crippen LogP contribution in [0.4, 0.5) is 5.69 Å². The topological polar surface area (TPSA) is 59.1 Å². The summed E-state index contributed by atoms with van der Waals surface area (Å²) in [6, 6.07) is 9.16. The quantitative estimate of drug-likeness (QED) is 0.671. The number of aryl methyl sites for hydroxylation is 1. The number of nitrogens with zero attached hydrogens (tertiary/aromatic N) is 1. The summed E-state index contributed by atoms with van der Waals surface area (Å²) in [6.45, 7) is 6.13. The van der Waals surface area contributed by atoms with Gasteiger partial charge in [-0.05, 0) is 36.6 Å². The second kappa shape index (κ2) is 6.66. The Hall–Kier alpha value is -1.70. The van der Waals surface area contributed by atoms with Crippen molar-refractivity contribution in [2.24, 2.45) is 0 Å². The van der Waals surface area contributed by atoms with E-state index in [0.29, 0.717) is 15.8 Å². The molecule has 1 N–H and O–H groups in total. The second-order valence-electron chi connectivity index (χ2n) is 5.83. The molecule has 0 amide bonds. The van der Waals surface area contributed by atoms with Crippen LogP contribution >= 0.6 is 22.7 Å². The highest BCUT2D eigenvalue weighted by atomic mass is 32.2. The van der Waals surface area contributed by atoms with Gasteiger partial charge in [-0.3, -0.25) is 4.72 Å². The number of aromatic nitrogens is 1. The largest absolute Gasteiger partial charge is 0.279 e. The lowest BCUT2D eigenvalue weighted by molar-refractivity contribution is 0.603. The number of thiophene rings is 1. The molecule has 1 aromatic carbocycles. The normalized spacial score (nSPS) is 11.8. The molecule has 24 heavy (non-hydrogen) atoms. The van der Waals surface area contributed by atoms with Crippen LogP contribution in [0.5, 0.6) is 0 Å². The van der Waals surface area contributed by atoms with E-state index in [0.717, 1.165) is 16.3 Å². The molecule has 4 nitrogen and oxygen atoms in total. The predicted octanol–water partition coefficient (Wildman–Crippen LogP) is 5.10. The van der Waals surface area contributed by atoms with Crippen LogP contribution < -0.4 is 4.72 Å². The zero-order valence-electron chi connectivity index (χ0n) is 13.6. The summed E-state index contributed by atoms with van der Waals surface area (Å²) in [5, 5.41) is 4.62. The van der Waals surface area contributed by atoms with E-state index in [1.54, 1.807) is 18.2 Å². The Kier molecular flexibility index (Phi) is 4.76. The number of thiazole rings is 1. The number of benzene rings is 1. The Morgan fingerprint density at radius 3 is 2.38 bits per heavy atom. The number of hydrogen-bond donors (Lipinski definition) is 1. The molecule has 0 fully saturated rings. The molecule has 3 rings (SSSR count). The fourth-order valence-electron chi connectivity index (χ4n) is 2.20.